The van der Waals surface area contributed by atoms with Crippen molar-refractivity contribution in [2.24, 2.45) is 23.7 Å². The Hall–Kier alpha value is -7.44. The molecule has 4 aromatic heterocycles. The summed E-state index contributed by atoms with van der Waals surface area (Å²) in [6.07, 6.45) is 6.65. The van der Waals surface area contributed by atoms with Crippen molar-refractivity contribution in [1.29, 1.82) is 0 Å². The van der Waals surface area contributed by atoms with Crippen molar-refractivity contribution >= 4 is 57.8 Å². The van der Waals surface area contributed by atoms with Crippen LogP contribution in [0.5, 0.6) is 23.3 Å². The number of benzene rings is 2. The molecule has 25 heteroatoms. The number of esters is 1. The number of aromatic nitrogens is 4. The second-order valence-corrected chi connectivity index (χ2v) is 24.4. The van der Waals surface area contributed by atoms with Crippen LogP contribution in [0, 0.1) is 35.3 Å². The van der Waals surface area contributed by atoms with Gasteiger partial charge in [-0.25, -0.2) is 33.3 Å². The van der Waals surface area contributed by atoms with Gasteiger partial charge in [-0.3, -0.25) is 9.59 Å². The summed E-state index contributed by atoms with van der Waals surface area (Å²) in [7, 11) is 4.37. The summed E-state index contributed by atoms with van der Waals surface area (Å²) < 4.78 is 144. The molecule has 4 saturated carbocycles. The van der Waals surface area contributed by atoms with Crippen LogP contribution in [0.3, 0.4) is 0 Å². The molecular weight excluding hydrogens is 1220 g/mol. The first kappa shape index (κ1) is 67.9. The van der Waals surface area contributed by atoms with E-state index in [1.54, 1.807) is 43.3 Å². The van der Waals surface area contributed by atoms with Gasteiger partial charge in [0.05, 0.1) is 48.4 Å². The maximum absolute atomic E-state index is 15.9. The molecule has 16 nitrogen and oxygen atoms in total. The summed E-state index contributed by atoms with van der Waals surface area (Å²) in [5, 5.41) is 11.1. The SMILES string of the molecule is COC(=O)c1cc(Oc2ncc(CCl)cc2C(F)(F)F)c(F)cc1N(C(=O)C1CCC(C)CC1)C1CCC(OC)CC1.COC1CCC(N(C(=O)C2CCC(C)CC2)c2cc(F)c(Oc3ncc(Cn4ccc5cccnc54)cc3C(F)(F)F)cc2C(=O)O)CC1. The van der Waals surface area contributed by atoms with Gasteiger partial charge in [0.2, 0.25) is 23.6 Å². The molecule has 0 spiro atoms. The number of carbonyl (C=O) groups excluding carboxylic acids is 3. The van der Waals surface area contributed by atoms with Crippen LogP contribution in [-0.2, 0) is 48.6 Å². The topological polar surface area (TPSA) is 185 Å². The smallest absolute Gasteiger partial charge is 0.421 e. The Bertz CT molecular complexity index is 3560. The Morgan fingerprint density at radius 1 is 0.604 bits per heavy atom. The lowest BCUT2D eigenvalue weighted by Crippen LogP contribution is -2.47. The van der Waals surface area contributed by atoms with E-state index in [0.717, 1.165) is 80.8 Å². The van der Waals surface area contributed by atoms with E-state index in [0.29, 0.717) is 94.5 Å². The predicted molar refractivity (Wildman–Crippen MR) is 321 cm³/mol. The highest BCUT2D eigenvalue weighted by atomic mass is 35.5. The minimum absolute atomic E-state index is 0.00215. The molecule has 2 aromatic carbocycles. The van der Waals surface area contributed by atoms with E-state index >= 15 is 8.78 Å². The number of ether oxygens (including phenoxy) is 5. The quantitative estimate of drug-likeness (QED) is 0.0517. The van der Waals surface area contributed by atoms with Crippen LogP contribution in [0.2, 0.25) is 0 Å². The molecule has 1 N–H and O–H groups in total. The van der Waals surface area contributed by atoms with Crippen LogP contribution in [-0.4, -0.2) is 94.0 Å². The van der Waals surface area contributed by atoms with Crippen molar-refractivity contribution in [3.05, 3.63) is 124 Å². The van der Waals surface area contributed by atoms with Gasteiger partial charge in [-0.1, -0.05) is 13.8 Å². The minimum Gasteiger partial charge on any atom is -0.478 e. The Balaban J connectivity index is 0.000000218. The third-order valence-electron chi connectivity index (χ3n) is 18.0. The van der Waals surface area contributed by atoms with Crippen molar-refractivity contribution in [2.75, 3.05) is 31.1 Å². The van der Waals surface area contributed by atoms with E-state index < -0.39 is 81.9 Å². The number of nitrogens with zero attached hydrogens (tertiary/aromatic N) is 6. The molecule has 0 radical (unpaired) electrons. The van der Waals surface area contributed by atoms with Crippen LogP contribution < -0.4 is 19.3 Å². The van der Waals surface area contributed by atoms with E-state index in [2.05, 4.69) is 28.8 Å². The van der Waals surface area contributed by atoms with Crippen molar-refractivity contribution in [1.82, 2.24) is 19.5 Å². The van der Waals surface area contributed by atoms with Gasteiger partial charge in [0, 0.05) is 98.5 Å². The number of carboxylic acid groups (broad SMARTS) is 1. The Kier molecular flexibility index (Phi) is 22.0. The number of amides is 2. The molecule has 490 valence electrons. The lowest BCUT2D eigenvalue weighted by atomic mass is 9.81. The van der Waals surface area contributed by atoms with Gasteiger partial charge in [0.25, 0.3) is 0 Å². The monoisotopic (exact) mass is 1300 g/mol. The lowest BCUT2D eigenvalue weighted by Gasteiger charge is -2.40. The molecule has 91 heavy (non-hydrogen) atoms. The number of halogens is 9. The number of aromatic carboxylic acids is 1. The van der Waals surface area contributed by atoms with Gasteiger partial charge < -0.3 is 43.2 Å². The fourth-order valence-corrected chi connectivity index (χ4v) is 13.0. The van der Waals surface area contributed by atoms with Gasteiger partial charge in [-0.15, -0.1) is 11.6 Å². The zero-order valence-corrected chi connectivity index (χ0v) is 51.8. The number of methoxy groups -OCH3 is 3. The van der Waals surface area contributed by atoms with E-state index in [4.69, 9.17) is 35.3 Å². The lowest BCUT2D eigenvalue weighted by molar-refractivity contribution is -0.139. The molecule has 0 saturated heterocycles. The highest BCUT2D eigenvalue weighted by molar-refractivity contribution is 6.17. The van der Waals surface area contributed by atoms with Gasteiger partial charge in [-0.2, -0.15) is 26.3 Å². The fourth-order valence-electron chi connectivity index (χ4n) is 12.8. The maximum Gasteiger partial charge on any atom is 0.421 e. The predicted octanol–water partition coefficient (Wildman–Crippen LogP) is 15.9. The molecule has 10 rings (SSSR count). The summed E-state index contributed by atoms with van der Waals surface area (Å²) in [6, 6.07) is 9.93. The van der Waals surface area contributed by atoms with Crippen LogP contribution in [0.1, 0.15) is 160 Å². The second-order valence-electron chi connectivity index (χ2n) is 24.1. The first-order valence-corrected chi connectivity index (χ1v) is 31.1. The summed E-state index contributed by atoms with van der Waals surface area (Å²) in [5.74, 6) is -8.21. The van der Waals surface area contributed by atoms with Crippen molar-refractivity contribution in [2.45, 2.75) is 166 Å². The van der Waals surface area contributed by atoms with Gasteiger partial charge in [0.15, 0.2) is 23.1 Å². The number of rotatable bonds is 17. The molecular formula is C66H73ClF8N6O10. The summed E-state index contributed by atoms with van der Waals surface area (Å²) in [6.45, 7) is 4.28. The van der Waals surface area contributed by atoms with Crippen LogP contribution in [0.4, 0.5) is 46.5 Å². The third kappa shape index (κ3) is 16.1. The molecule has 0 aliphatic heterocycles. The highest BCUT2D eigenvalue weighted by Crippen LogP contribution is 2.45. The number of hydrogen-bond donors (Lipinski definition) is 1. The van der Waals surface area contributed by atoms with E-state index in [1.807, 2.05) is 6.07 Å². The van der Waals surface area contributed by atoms with E-state index in [-0.39, 0.29) is 82.4 Å². The number of pyridine rings is 3. The molecule has 4 aliphatic rings. The molecule has 0 bridgehead atoms. The van der Waals surface area contributed by atoms with Gasteiger partial charge >= 0.3 is 24.3 Å². The number of anilines is 2. The Morgan fingerprint density at radius 3 is 1.49 bits per heavy atom. The maximum atomic E-state index is 15.9. The zero-order chi connectivity index (χ0) is 65.5. The normalized spacial score (nSPS) is 22.1. The first-order valence-electron chi connectivity index (χ1n) is 30.5. The largest absolute Gasteiger partial charge is 0.478 e. The Labute approximate surface area is 526 Å². The second kappa shape index (κ2) is 29.4. The van der Waals surface area contributed by atoms with Crippen LogP contribution >= 0.6 is 11.6 Å². The molecule has 4 heterocycles. The highest BCUT2D eigenvalue weighted by Gasteiger charge is 2.42. The van der Waals surface area contributed by atoms with Crippen molar-refractivity contribution in [3.8, 4) is 23.3 Å². The average Bonchev–Trinajstić information content (AvgIpc) is 1.30. The number of carbonyl (C=O) groups is 4. The molecule has 2 amide bonds. The van der Waals surface area contributed by atoms with Gasteiger partial charge in [0.1, 0.15) is 16.8 Å². The van der Waals surface area contributed by atoms with Crippen LogP contribution in [0.25, 0.3) is 11.0 Å². The molecule has 0 unspecified atom stereocenters. The molecule has 0 atom stereocenters. The molecule has 6 aromatic rings. The van der Waals surface area contributed by atoms with Gasteiger partial charge in [-0.05, 0) is 156 Å². The average molecular weight is 1300 g/mol. The number of hydrogen-bond acceptors (Lipinski definition) is 12. The van der Waals surface area contributed by atoms with Crippen molar-refractivity contribution < 1.29 is 83.1 Å². The van der Waals surface area contributed by atoms with Crippen molar-refractivity contribution in [3.63, 3.8) is 0 Å². The number of alkyl halides is 7. The standard InChI is InChI=1S/C36H38F4N4O5.C30H35ClF4N2O5/c1-21-5-7-24(8-6-21)34(45)44(25-9-11-26(48-2)12-10-25)30-18-29(37)31(17-27(30)35(46)47)49-33-28(36(38,39)40)16-22(19-42-33)20-43-15-13-23-4-3-14-41-32(23)43;1-17-4-6-19(7-5-17)28(38)37(20-8-10-21(40-2)11-9-20)25-14-24(32)26(13-22(25)29(39)41-3)42-27-23(30(33,34)35)12-18(15-31)16-36-27/h3-4,13-19,21,24-26H,5-12,20H2,1-2H3,(H,46,47);12-14,16-17,19-21H,4-11,15H2,1-3H3. The summed E-state index contributed by atoms with van der Waals surface area (Å²) in [5.41, 5.74) is -2.44. The molecule has 4 fully saturated rings. The zero-order valence-electron chi connectivity index (χ0n) is 51.1. The van der Waals surface area contributed by atoms with E-state index in [1.165, 1.54) is 16.0 Å². The minimum atomic E-state index is -4.93. The number of carboxylic acids is 1. The number of fused-ring (bicyclic) bond motifs is 1. The summed E-state index contributed by atoms with van der Waals surface area (Å²) in [4.78, 5) is 68.6. The van der Waals surface area contributed by atoms with Crippen LogP contribution in [0.15, 0.2) is 79.4 Å². The third-order valence-corrected chi connectivity index (χ3v) is 18.3. The summed E-state index contributed by atoms with van der Waals surface area (Å²) >= 11 is 5.68. The fraction of sp³-hybridized carbons (Fsp3) is 0.500. The first-order chi connectivity index (χ1) is 43.4. The molecule has 4 aliphatic carbocycles. The van der Waals surface area contributed by atoms with E-state index in [9.17, 15) is 50.6 Å². The Morgan fingerprint density at radius 2 is 1.05 bits per heavy atom.